The predicted molar refractivity (Wildman–Crippen MR) is 78.3 cm³/mol. The van der Waals surface area contributed by atoms with E-state index < -0.39 is 0 Å². The highest BCUT2D eigenvalue weighted by molar-refractivity contribution is 9.09. The quantitative estimate of drug-likeness (QED) is 0.742. The molecule has 2 unspecified atom stereocenters. The summed E-state index contributed by atoms with van der Waals surface area (Å²) in [5, 5.41) is 1.18. The van der Waals surface area contributed by atoms with Crippen molar-refractivity contribution in [1.82, 2.24) is 4.98 Å². The Morgan fingerprint density at radius 3 is 3.00 bits per heavy atom. The summed E-state index contributed by atoms with van der Waals surface area (Å²) in [7, 11) is 0. The van der Waals surface area contributed by atoms with Crippen LogP contribution in [0.15, 0.2) is 24.3 Å². The largest absolute Gasteiger partial charge is 0.348 e. The van der Waals surface area contributed by atoms with Gasteiger partial charge >= 0.3 is 0 Å². The molecule has 0 saturated carbocycles. The number of rotatable bonds is 1. The van der Waals surface area contributed by atoms with Gasteiger partial charge in [0.25, 0.3) is 0 Å². The second-order valence-electron chi connectivity index (χ2n) is 4.69. The summed E-state index contributed by atoms with van der Waals surface area (Å²) in [6.45, 7) is 4.52. The third-order valence-corrected chi connectivity index (χ3v) is 5.81. The molecule has 1 aromatic heterocycles. The number of hydrogen-bond acceptors (Lipinski definition) is 3. The number of fused-ring (bicyclic) bond motifs is 1. The molecule has 4 heteroatoms. The van der Waals surface area contributed by atoms with E-state index in [4.69, 9.17) is 4.98 Å². The van der Waals surface area contributed by atoms with Crippen LogP contribution in [0.4, 0.5) is 5.13 Å². The smallest absolute Gasteiger partial charge is 0.186 e. The molecule has 2 heterocycles. The Balaban J connectivity index is 1.88. The Bertz CT molecular complexity index is 492. The van der Waals surface area contributed by atoms with Gasteiger partial charge in [-0.05, 0) is 24.5 Å². The van der Waals surface area contributed by atoms with Gasteiger partial charge in [-0.25, -0.2) is 4.98 Å². The lowest BCUT2D eigenvalue weighted by Gasteiger charge is -2.34. The van der Waals surface area contributed by atoms with Crippen molar-refractivity contribution in [1.29, 1.82) is 0 Å². The molecule has 1 saturated heterocycles. The van der Waals surface area contributed by atoms with Crippen LogP contribution >= 0.6 is 27.3 Å². The molecule has 3 rings (SSSR count). The normalized spacial score (nSPS) is 25.4. The predicted octanol–water partition coefficient (Wildman–Crippen LogP) is 3.91. The highest BCUT2D eigenvalue weighted by Gasteiger charge is 2.25. The van der Waals surface area contributed by atoms with Gasteiger partial charge in [0.15, 0.2) is 5.13 Å². The van der Waals surface area contributed by atoms with Crippen LogP contribution in [0.2, 0.25) is 0 Å². The maximum Gasteiger partial charge on any atom is 0.186 e. The van der Waals surface area contributed by atoms with Crippen LogP contribution in [0.5, 0.6) is 0 Å². The Morgan fingerprint density at radius 1 is 1.41 bits per heavy atom. The van der Waals surface area contributed by atoms with Gasteiger partial charge < -0.3 is 4.90 Å². The molecule has 0 aliphatic carbocycles. The fraction of sp³-hybridized carbons (Fsp3) is 0.462. The van der Waals surface area contributed by atoms with Crippen LogP contribution in [0.1, 0.15) is 13.3 Å². The average molecular weight is 311 g/mol. The Labute approximate surface area is 114 Å². The van der Waals surface area contributed by atoms with E-state index in [0.717, 1.165) is 18.6 Å². The number of aromatic nitrogens is 1. The van der Waals surface area contributed by atoms with Crippen LogP contribution in [0, 0.1) is 5.92 Å². The van der Waals surface area contributed by atoms with Crippen molar-refractivity contribution < 1.29 is 0 Å². The van der Waals surface area contributed by atoms with Crippen LogP contribution < -0.4 is 4.90 Å². The van der Waals surface area contributed by atoms with E-state index >= 15 is 0 Å². The Morgan fingerprint density at radius 2 is 2.24 bits per heavy atom. The Kier molecular flexibility index (Phi) is 3.09. The first-order valence-electron chi connectivity index (χ1n) is 5.98. The molecule has 2 nitrogen and oxygen atoms in total. The van der Waals surface area contributed by atoms with E-state index in [1.807, 2.05) is 0 Å². The minimum atomic E-state index is 0.660. The van der Waals surface area contributed by atoms with Gasteiger partial charge in [-0.2, -0.15) is 0 Å². The van der Waals surface area contributed by atoms with Crippen molar-refractivity contribution in [2.24, 2.45) is 5.92 Å². The first kappa shape index (κ1) is 11.5. The van der Waals surface area contributed by atoms with Gasteiger partial charge in [0, 0.05) is 17.9 Å². The zero-order chi connectivity index (χ0) is 11.8. The zero-order valence-corrected chi connectivity index (χ0v) is 12.2. The highest BCUT2D eigenvalue weighted by atomic mass is 79.9. The summed E-state index contributed by atoms with van der Waals surface area (Å²) < 4.78 is 1.29. The van der Waals surface area contributed by atoms with Crippen molar-refractivity contribution in [2.45, 2.75) is 18.2 Å². The standard InChI is InChI=1S/C13H15BrN2S/c1-9-8-16(7-6-10(9)14)13-15-11-4-2-3-5-12(11)17-13/h2-5,9-10H,6-8H2,1H3. The second kappa shape index (κ2) is 4.58. The first-order chi connectivity index (χ1) is 8.24. The van der Waals surface area contributed by atoms with E-state index in [9.17, 15) is 0 Å². The summed E-state index contributed by atoms with van der Waals surface area (Å²) in [5.74, 6) is 0.691. The molecule has 17 heavy (non-hydrogen) atoms. The minimum absolute atomic E-state index is 0.660. The molecule has 0 amide bonds. The molecule has 0 N–H and O–H groups in total. The van der Waals surface area contributed by atoms with Crippen LogP contribution in [0.25, 0.3) is 10.2 Å². The number of anilines is 1. The van der Waals surface area contributed by atoms with Gasteiger partial charge in [-0.1, -0.05) is 46.3 Å². The van der Waals surface area contributed by atoms with Crippen LogP contribution in [0.3, 0.4) is 0 Å². The molecular weight excluding hydrogens is 296 g/mol. The van der Waals surface area contributed by atoms with E-state index in [2.05, 4.69) is 52.0 Å². The van der Waals surface area contributed by atoms with Crippen LogP contribution in [-0.4, -0.2) is 22.9 Å². The SMILES string of the molecule is CC1CN(c2nc3ccccc3s2)CCC1Br. The van der Waals surface area contributed by atoms with Crippen molar-refractivity contribution in [3.8, 4) is 0 Å². The third-order valence-electron chi connectivity index (χ3n) is 3.35. The molecule has 1 aromatic carbocycles. The van der Waals surface area contributed by atoms with E-state index in [-0.39, 0.29) is 0 Å². The minimum Gasteiger partial charge on any atom is -0.348 e. The number of halogens is 1. The third kappa shape index (κ3) is 2.20. The van der Waals surface area contributed by atoms with E-state index in [0.29, 0.717) is 10.7 Å². The molecule has 2 aromatic rings. The molecule has 0 bridgehead atoms. The number of para-hydroxylation sites is 1. The molecule has 0 spiro atoms. The second-order valence-corrected chi connectivity index (χ2v) is 6.88. The number of alkyl halides is 1. The lowest BCUT2D eigenvalue weighted by molar-refractivity contribution is 0.466. The average Bonchev–Trinajstić information content (AvgIpc) is 2.76. The van der Waals surface area contributed by atoms with Gasteiger partial charge in [0.05, 0.1) is 10.2 Å². The summed E-state index contributed by atoms with van der Waals surface area (Å²) in [6.07, 6.45) is 1.21. The molecule has 90 valence electrons. The number of piperidine rings is 1. The molecular formula is C13H15BrN2S. The fourth-order valence-corrected chi connectivity index (χ4v) is 3.66. The van der Waals surface area contributed by atoms with Gasteiger partial charge in [-0.3, -0.25) is 0 Å². The maximum atomic E-state index is 4.73. The maximum absolute atomic E-state index is 4.73. The topological polar surface area (TPSA) is 16.1 Å². The lowest BCUT2D eigenvalue weighted by atomic mass is 10.0. The number of hydrogen-bond donors (Lipinski definition) is 0. The first-order valence-corrected chi connectivity index (χ1v) is 7.72. The van der Waals surface area contributed by atoms with E-state index in [1.165, 1.54) is 16.3 Å². The van der Waals surface area contributed by atoms with Crippen LogP contribution in [-0.2, 0) is 0 Å². The molecule has 1 fully saturated rings. The molecule has 2 atom stereocenters. The number of nitrogens with zero attached hydrogens (tertiary/aromatic N) is 2. The number of benzene rings is 1. The lowest BCUT2D eigenvalue weighted by Crippen LogP contribution is -2.39. The van der Waals surface area contributed by atoms with Crippen molar-refractivity contribution in [3.63, 3.8) is 0 Å². The molecule has 0 radical (unpaired) electrons. The molecule has 1 aliphatic heterocycles. The van der Waals surface area contributed by atoms with Gasteiger partial charge in [0.1, 0.15) is 0 Å². The zero-order valence-electron chi connectivity index (χ0n) is 9.77. The van der Waals surface area contributed by atoms with Gasteiger partial charge in [-0.15, -0.1) is 0 Å². The fourth-order valence-electron chi connectivity index (χ4n) is 2.29. The monoisotopic (exact) mass is 310 g/mol. The highest BCUT2D eigenvalue weighted by Crippen LogP contribution is 2.32. The summed E-state index contributed by atoms with van der Waals surface area (Å²) >= 11 is 5.55. The van der Waals surface area contributed by atoms with Crippen molar-refractivity contribution in [2.75, 3.05) is 18.0 Å². The van der Waals surface area contributed by atoms with E-state index in [1.54, 1.807) is 11.3 Å². The summed E-state index contributed by atoms with van der Waals surface area (Å²) in [6, 6.07) is 8.38. The Hall–Kier alpha value is -0.610. The van der Waals surface area contributed by atoms with Crippen molar-refractivity contribution >= 4 is 42.6 Å². The summed E-state index contributed by atoms with van der Waals surface area (Å²) in [5.41, 5.74) is 1.13. The summed E-state index contributed by atoms with van der Waals surface area (Å²) in [4.78, 5) is 7.81. The van der Waals surface area contributed by atoms with Crippen molar-refractivity contribution in [3.05, 3.63) is 24.3 Å². The molecule has 1 aliphatic rings. The van der Waals surface area contributed by atoms with Gasteiger partial charge in [0.2, 0.25) is 0 Å². The number of thiazole rings is 1.